The van der Waals surface area contributed by atoms with Crippen LogP contribution in [0.25, 0.3) is 11.4 Å². The molecular formula is C15H19ClN2. The average Bonchev–Trinajstić information content (AvgIpc) is 2.84. The SMILES string of the molecule is CCCCCCn1ccnc1-c1ccc(Cl)cc1. The van der Waals surface area contributed by atoms with Crippen molar-refractivity contribution in [3.05, 3.63) is 41.7 Å². The van der Waals surface area contributed by atoms with Crippen LogP contribution in [-0.4, -0.2) is 9.55 Å². The standard InChI is InChI=1S/C15H19ClN2/c1-2-3-4-5-11-18-12-10-17-15(18)13-6-8-14(16)9-7-13/h6-10,12H,2-5,11H2,1H3. The number of rotatable bonds is 6. The van der Waals surface area contributed by atoms with Gasteiger partial charge in [0.1, 0.15) is 5.82 Å². The van der Waals surface area contributed by atoms with Crippen LogP contribution in [-0.2, 0) is 6.54 Å². The van der Waals surface area contributed by atoms with Crippen molar-refractivity contribution in [3.8, 4) is 11.4 Å². The zero-order valence-electron chi connectivity index (χ0n) is 10.8. The number of halogens is 1. The Morgan fingerprint density at radius 2 is 1.89 bits per heavy atom. The molecule has 96 valence electrons. The molecule has 0 spiro atoms. The number of hydrogen-bond acceptors (Lipinski definition) is 1. The van der Waals surface area contributed by atoms with Gasteiger partial charge in [-0.1, -0.05) is 37.8 Å². The summed E-state index contributed by atoms with van der Waals surface area (Å²) in [5, 5.41) is 0.764. The number of imidazole rings is 1. The monoisotopic (exact) mass is 262 g/mol. The van der Waals surface area contributed by atoms with Crippen molar-refractivity contribution in [2.24, 2.45) is 0 Å². The molecule has 0 amide bonds. The van der Waals surface area contributed by atoms with Gasteiger partial charge < -0.3 is 4.57 Å². The van der Waals surface area contributed by atoms with E-state index in [1.165, 1.54) is 25.7 Å². The third-order valence-electron chi connectivity index (χ3n) is 3.07. The topological polar surface area (TPSA) is 17.8 Å². The molecule has 0 atom stereocenters. The number of aryl methyl sites for hydroxylation is 1. The molecule has 0 radical (unpaired) electrons. The first-order chi connectivity index (χ1) is 8.81. The van der Waals surface area contributed by atoms with Crippen LogP contribution >= 0.6 is 11.6 Å². The predicted molar refractivity (Wildman–Crippen MR) is 76.8 cm³/mol. The van der Waals surface area contributed by atoms with Gasteiger partial charge in [-0.3, -0.25) is 0 Å². The van der Waals surface area contributed by atoms with Gasteiger partial charge in [-0.05, 0) is 30.7 Å². The average molecular weight is 263 g/mol. The van der Waals surface area contributed by atoms with Crippen LogP contribution in [0.5, 0.6) is 0 Å². The Kier molecular flexibility index (Phi) is 4.82. The summed E-state index contributed by atoms with van der Waals surface area (Å²) < 4.78 is 2.22. The molecule has 1 heterocycles. The molecule has 1 aromatic carbocycles. The zero-order valence-corrected chi connectivity index (χ0v) is 11.5. The number of hydrogen-bond donors (Lipinski definition) is 0. The lowest BCUT2D eigenvalue weighted by molar-refractivity contribution is 0.586. The molecule has 0 aliphatic heterocycles. The van der Waals surface area contributed by atoms with Crippen molar-refractivity contribution in [2.75, 3.05) is 0 Å². The second kappa shape index (κ2) is 6.60. The Morgan fingerprint density at radius 1 is 1.11 bits per heavy atom. The molecule has 0 aliphatic rings. The predicted octanol–water partition coefficient (Wildman–Crippen LogP) is 4.78. The summed E-state index contributed by atoms with van der Waals surface area (Å²) in [7, 11) is 0. The van der Waals surface area contributed by atoms with Crippen LogP contribution < -0.4 is 0 Å². The van der Waals surface area contributed by atoms with Gasteiger partial charge in [0.25, 0.3) is 0 Å². The van der Waals surface area contributed by atoms with Gasteiger partial charge in [-0.15, -0.1) is 0 Å². The van der Waals surface area contributed by atoms with Crippen molar-refractivity contribution in [2.45, 2.75) is 39.2 Å². The van der Waals surface area contributed by atoms with Gasteiger partial charge in [0, 0.05) is 29.5 Å². The van der Waals surface area contributed by atoms with E-state index in [1.807, 2.05) is 30.5 Å². The lowest BCUT2D eigenvalue weighted by atomic mass is 10.2. The van der Waals surface area contributed by atoms with Crippen LogP contribution in [0.1, 0.15) is 32.6 Å². The van der Waals surface area contributed by atoms with Crippen molar-refractivity contribution < 1.29 is 0 Å². The van der Waals surface area contributed by atoms with Gasteiger partial charge in [-0.2, -0.15) is 0 Å². The molecule has 0 N–H and O–H groups in total. The molecule has 3 heteroatoms. The van der Waals surface area contributed by atoms with Crippen molar-refractivity contribution in [1.29, 1.82) is 0 Å². The molecule has 1 aromatic heterocycles. The van der Waals surface area contributed by atoms with E-state index in [0.717, 1.165) is 23.0 Å². The van der Waals surface area contributed by atoms with Crippen molar-refractivity contribution >= 4 is 11.6 Å². The fourth-order valence-corrected chi connectivity index (χ4v) is 2.18. The van der Waals surface area contributed by atoms with Gasteiger partial charge >= 0.3 is 0 Å². The summed E-state index contributed by atoms with van der Waals surface area (Å²) in [5.41, 5.74) is 1.12. The minimum atomic E-state index is 0.764. The summed E-state index contributed by atoms with van der Waals surface area (Å²) in [5.74, 6) is 1.03. The Balaban J connectivity index is 2.05. The van der Waals surface area contributed by atoms with Gasteiger partial charge in [0.15, 0.2) is 0 Å². The normalized spacial score (nSPS) is 10.8. The molecule has 0 aliphatic carbocycles. The molecular weight excluding hydrogens is 244 g/mol. The second-order valence-corrected chi connectivity index (χ2v) is 4.95. The van der Waals surface area contributed by atoms with E-state index in [1.54, 1.807) is 0 Å². The van der Waals surface area contributed by atoms with E-state index in [4.69, 9.17) is 11.6 Å². The highest BCUT2D eigenvalue weighted by molar-refractivity contribution is 6.30. The first kappa shape index (κ1) is 13.2. The molecule has 0 saturated carbocycles. The third kappa shape index (κ3) is 3.36. The summed E-state index contributed by atoms with van der Waals surface area (Å²) in [6, 6.07) is 7.86. The zero-order chi connectivity index (χ0) is 12.8. The highest BCUT2D eigenvalue weighted by Gasteiger charge is 2.05. The third-order valence-corrected chi connectivity index (χ3v) is 3.32. The molecule has 0 bridgehead atoms. The summed E-state index contributed by atoms with van der Waals surface area (Å²) in [6.45, 7) is 3.27. The van der Waals surface area contributed by atoms with E-state index in [9.17, 15) is 0 Å². The van der Waals surface area contributed by atoms with Gasteiger partial charge in [0.2, 0.25) is 0 Å². The lowest BCUT2D eigenvalue weighted by Gasteiger charge is -2.07. The van der Waals surface area contributed by atoms with E-state index < -0.39 is 0 Å². The molecule has 2 aromatic rings. The van der Waals surface area contributed by atoms with E-state index in [2.05, 4.69) is 22.7 Å². The van der Waals surface area contributed by atoms with E-state index >= 15 is 0 Å². The highest BCUT2D eigenvalue weighted by atomic mass is 35.5. The Hall–Kier alpha value is -1.28. The first-order valence-electron chi connectivity index (χ1n) is 6.58. The van der Waals surface area contributed by atoms with Crippen LogP contribution in [0, 0.1) is 0 Å². The van der Waals surface area contributed by atoms with Crippen LogP contribution in [0.4, 0.5) is 0 Å². The quantitative estimate of drug-likeness (QED) is 0.685. The van der Waals surface area contributed by atoms with Gasteiger partial charge in [-0.25, -0.2) is 4.98 Å². The Labute approximate surface area is 114 Å². The van der Waals surface area contributed by atoms with Crippen LogP contribution in [0.15, 0.2) is 36.7 Å². The van der Waals surface area contributed by atoms with Crippen molar-refractivity contribution in [1.82, 2.24) is 9.55 Å². The molecule has 2 rings (SSSR count). The smallest absolute Gasteiger partial charge is 0.139 e. The number of benzene rings is 1. The minimum absolute atomic E-state index is 0.764. The molecule has 0 saturated heterocycles. The Bertz CT molecular complexity index is 473. The highest BCUT2D eigenvalue weighted by Crippen LogP contribution is 2.20. The number of aromatic nitrogens is 2. The first-order valence-corrected chi connectivity index (χ1v) is 6.96. The van der Waals surface area contributed by atoms with Crippen molar-refractivity contribution in [3.63, 3.8) is 0 Å². The minimum Gasteiger partial charge on any atom is -0.331 e. The molecule has 18 heavy (non-hydrogen) atoms. The van der Waals surface area contributed by atoms with Gasteiger partial charge in [0.05, 0.1) is 0 Å². The number of unbranched alkanes of at least 4 members (excludes halogenated alkanes) is 3. The fraction of sp³-hybridized carbons (Fsp3) is 0.400. The Morgan fingerprint density at radius 3 is 2.61 bits per heavy atom. The summed E-state index contributed by atoms with van der Waals surface area (Å²) in [4.78, 5) is 4.43. The molecule has 0 fully saturated rings. The second-order valence-electron chi connectivity index (χ2n) is 4.51. The molecule has 0 unspecified atom stereocenters. The fourth-order valence-electron chi connectivity index (χ4n) is 2.06. The summed E-state index contributed by atoms with van der Waals surface area (Å²) in [6.07, 6.45) is 9.00. The lowest BCUT2D eigenvalue weighted by Crippen LogP contribution is -1.99. The van der Waals surface area contributed by atoms with Crippen LogP contribution in [0.2, 0.25) is 5.02 Å². The number of nitrogens with zero attached hydrogens (tertiary/aromatic N) is 2. The van der Waals surface area contributed by atoms with Crippen LogP contribution in [0.3, 0.4) is 0 Å². The largest absolute Gasteiger partial charge is 0.331 e. The molecule has 2 nitrogen and oxygen atoms in total. The maximum Gasteiger partial charge on any atom is 0.139 e. The maximum absolute atomic E-state index is 5.90. The van der Waals surface area contributed by atoms with E-state index in [-0.39, 0.29) is 0 Å². The summed E-state index contributed by atoms with van der Waals surface area (Å²) >= 11 is 5.90. The van der Waals surface area contributed by atoms with E-state index in [0.29, 0.717) is 0 Å². The maximum atomic E-state index is 5.90.